The number of rotatable bonds is 3. The van der Waals surface area contributed by atoms with Crippen LogP contribution in [0.25, 0.3) is 0 Å². The predicted molar refractivity (Wildman–Crippen MR) is 79.5 cm³/mol. The molecule has 0 saturated carbocycles. The van der Waals surface area contributed by atoms with Crippen molar-refractivity contribution >= 4 is 23.3 Å². The average Bonchev–Trinajstić information content (AvgIpc) is 2.45. The van der Waals surface area contributed by atoms with Crippen LogP contribution in [0.5, 0.6) is 0 Å². The molecule has 2 rings (SSSR count). The third-order valence-corrected chi connectivity index (χ3v) is 2.97. The Hall–Kier alpha value is -2.56. The van der Waals surface area contributed by atoms with Gasteiger partial charge in [-0.15, -0.1) is 0 Å². The highest BCUT2D eigenvalue weighted by Crippen LogP contribution is 2.19. The second kappa shape index (κ2) is 6.06. The van der Waals surface area contributed by atoms with Gasteiger partial charge in [-0.25, -0.2) is 9.78 Å². The van der Waals surface area contributed by atoms with Crippen LogP contribution in [0.15, 0.2) is 36.5 Å². The van der Waals surface area contributed by atoms with Crippen LogP contribution in [0.4, 0.5) is 22.0 Å². The molecule has 20 heavy (non-hydrogen) atoms. The number of pyridine rings is 1. The van der Waals surface area contributed by atoms with Crippen molar-refractivity contribution in [3.63, 3.8) is 0 Å². The van der Waals surface area contributed by atoms with Gasteiger partial charge in [0.05, 0.1) is 19.0 Å². The van der Waals surface area contributed by atoms with Gasteiger partial charge >= 0.3 is 6.09 Å². The Morgan fingerprint density at radius 2 is 1.85 bits per heavy atom. The van der Waals surface area contributed by atoms with Gasteiger partial charge in [-0.2, -0.15) is 0 Å². The average molecular weight is 271 g/mol. The smallest absolute Gasteiger partial charge is 0.412 e. The van der Waals surface area contributed by atoms with Gasteiger partial charge in [0.2, 0.25) is 0 Å². The number of nitrogens with zero attached hydrogens (tertiary/aromatic N) is 1. The molecule has 2 N–H and O–H groups in total. The molecule has 0 saturated heterocycles. The van der Waals surface area contributed by atoms with E-state index in [-0.39, 0.29) is 0 Å². The van der Waals surface area contributed by atoms with Gasteiger partial charge in [0.1, 0.15) is 5.82 Å². The maximum Gasteiger partial charge on any atom is 0.412 e. The molecule has 0 aliphatic carbocycles. The van der Waals surface area contributed by atoms with E-state index in [2.05, 4.69) is 46.3 Å². The lowest BCUT2D eigenvalue weighted by Gasteiger charge is -2.09. The minimum Gasteiger partial charge on any atom is -0.453 e. The van der Waals surface area contributed by atoms with Crippen molar-refractivity contribution in [1.82, 2.24) is 4.98 Å². The number of anilines is 3. The van der Waals surface area contributed by atoms with Crippen LogP contribution in [-0.4, -0.2) is 18.2 Å². The molecular weight excluding hydrogens is 254 g/mol. The van der Waals surface area contributed by atoms with Gasteiger partial charge in [0.25, 0.3) is 0 Å². The second-order valence-electron chi connectivity index (χ2n) is 4.47. The fourth-order valence-electron chi connectivity index (χ4n) is 1.68. The summed E-state index contributed by atoms with van der Waals surface area (Å²) in [6.45, 7) is 4.15. The number of aromatic nitrogens is 1. The van der Waals surface area contributed by atoms with Crippen LogP contribution in [0.2, 0.25) is 0 Å². The van der Waals surface area contributed by atoms with Crippen LogP contribution in [0.3, 0.4) is 0 Å². The first kappa shape index (κ1) is 13.9. The van der Waals surface area contributed by atoms with E-state index < -0.39 is 6.09 Å². The minimum absolute atomic E-state index is 0.447. The molecule has 0 aliphatic heterocycles. The predicted octanol–water partition coefficient (Wildman–Crippen LogP) is 3.62. The summed E-state index contributed by atoms with van der Waals surface area (Å²) in [6, 6.07) is 9.71. The summed E-state index contributed by atoms with van der Waals surface area (Å²) < 4.78 is 4.50. The van der Waals surface area contributed by atoms with E-state index in [9.17, 15) is 4.79 Å². The molecule has 104 valence electrons. The highest BCUT2D eigenvalue weighted by molar-refractivity contribution is 5.83. The third kappa shape index (κ3) is 3.47. The van der Waals surface area contributed by atoms with Crippen LogP contribution < -0.4 is 10.6 Å². The topological polar surface area (TPSA) is 63.2 Å². The highest BCUT2D eigenvalue weighted by atomic mass is 16.5. The molecular formula is C15H17N3O2. The first-order valence-electron chi connectivity index (χ1n) is 6.24. The molecule has 0 spiro atoms. The molecule has 5 heteroatoms. The maximum atomic E-state index is 11.0. The summed E-state index contributed by atoms with van der Waals surface area (Å²) >= 11 is 0. The Morgan fingerprint density at radius 3 is 2.45 bits per heavy atom. The van der Waals surface area contributed by atoms with E-state index in [0.717, 1.165) is 11.4 Å². The van der Waals surface area contributed by atoms with Crippen LogP contribution in [0.1, 0.15) is 11.1 Å². The van der Waals surface area contributed by atoms with Gasteiger partial charge in [-0.1, -0.05) is 6.07 Å². The molecule has 0 atom stereocenters. The Morgan fingerprint density at radius 1 is 1.10 bits per heavy atom. The number of benzene rings is 1. The molecule has 0 unspecified atom stereocenters. The lowest BCUT2D eigenvalue weighted by atomic mass is 10.1. The van der Waals surface area contributed by atoms with Gasteiger partial charge < -0.3 is 10.1 Å². The summed E-state index contributed by atoms with van der Waals surface area (Å²) in [5.41, 5.74) is 4.34. The molecule has 1 aromatic carbocycles. The van der Waals surface area contributed by atoms with Crippen molar-refractivity contribution in [3.05, 3.63) is 47.7 Å². The number of carbonyl (C=O) groups is 1. The summed E-state index contributed by atoms with van der Waals surface area (Å²) in [4.78, 5) is 15.2. The number of methoxy groups -OCH3 is 1. The zero-order valence-corrected chi connectivity index (χ0v) is 11.7. The summed E-state index contributed by atoms with van der Waals surface area (Å²) in [5, 5.41) is 5.76. The van der Waals surface area contributed by atoms with E-state index in [0.29, 0.717) is 5.82 Å². The minimum atomic E-state index is -0.535. The lowest BCUT2D eigenvalue weighted by Crippen LogP contribution is -2.11. The summed E-state index contributed by atoms with van der Waals surface area (Å²) in [7, 11) is 1.31. The molecule has 1 heterocycles. The Labute approximate surface area is 118 Å². The van der Waals surface area contributed by atoms with Gasteiger partial charge in [0, 0.05) is 5.69 Å². The van der Waals surface area contributed by atoms with E-state index >= 15 is 0 Å². The van der Waals surface area contributed by atoms with Crippen molar-refractivity contribution in [2.45, 2.75) is 13.8 Å². The Bertz CT molecular complexity index is 609. The van der Waals surface area contributed by atoms with Gasteiger partial charge in [-0.3, -0.25) is 5.32 Å². The molecule has 2 aromatic rings. The van der Waals surface area contributed by atoms with Crippen LogP contribution in [-0.2, 0) is 4.74 Å². The number of ether oxygens (including phenoxy) is 1. The number of amides is 1. The van der Waals surface area contributed by atoms with Crippen molar-refractivity contribution < 1.29 is 9.53 Å². The Kier molecular flexibility index (Phi) is 4.20. The van der Waals surface area contributed by atoms with Gasteiger partial charge in [0.15, 0.2) is 0 Å². The van der Waals surface area contributed by atoms with E-state index in [1.165, 1.54) is 18.2 Å². The quantitative estimate of drug-likeness (QED) is 0.895. The maximum absolute atomic E-state index is 11.0. The van der Waals surface area contributed by atoms with Crippen molar-refractivity contribution in [3.8, 4) is 0 Å². The monoisotopic (exact) mass is 271 g/mol. The Balaban J connectivity index is 2.06. The molecule has 1 amide bonds. The molecule has 0 aliphatic rings. The number of hydrogen-bond donors (Lipinski definition) is 2. The largest absolute Gasteiger partial charge is 0.453 e. The fraction of sp³-hybridized carbons (Fsp3) is 0.200. The number of nitrogens with one attached hydrogen (secondary N) is 2. The van der Waals surface area contributed by atoms with E-state index in [4.69, 9.17) is 0 Å². The molecule has 0 bridgehead atoms. The first-order chi connectivity index (χ1) is 9.58. The third-order valence-electron chi connectivity index (χ3n) is 2.97. The highest BCUT2D eigenvalue weighted by Gasteiger charge is 2.02. The van der Waals surface area contributed by atoms with E-state index in [1.807, 2.05) is 12.1 Å². The molecule has 5 nitrogen and oxygen atoms in total. The van der Waals surface area contributed by atoms with Crippen LogP contribution >= 0.6 is 0 Å². The zero-order chi connectivity index (χ0) is 14.5. The van der Waals surface area contributed by atoms with Crippen molar-refractivity contribution in [1.29, 1.82) is 0 Å². The van der Waals surface area contributed by atoms with Crippen molar-refractivity contribution in [2.75, 3.05) is 17.7 Å². The lowest BCUT2D eigenvalue weighted by molar-refractivity contribution is 0.187. The number of hydrogen-bond acceptors (Lipinski definition) is 4. The summed E-state index contributed by atoms with van der Waals surface area (Å²) in [6.07, 6.45) is 1.12. The second-order valence-corrected chi connectivity index (χ2v) is 4.47. The van der Waals surface area contributed by atoms with E-state index in [1.54, 1.807) is 12.3 Å². The van der Waals surface area contributed by atoms with Crippen molar-refractivity contribution in [2.24, 2.45) is 0 Å². The fourth-order valence-corrected chi connectivity index (χ4v) is 1.68. The molecule has 0 fully saturated rings. The molecule has 1 aromatic heterocycles. The first-order valence-corrected chi connectivity index (χ1v) is 6.24. The number of carbonyl (C=O) groups excluding carboxylic acids is 1. The standard InChI is InChI=1S/C15H17N3O2/c1-10-4-5-12(8-11(10)2)17-13-6-7-14(16-9-13)18-15(19)20-3/h4-9,17H,1-3H3,(H,16,18,19). The van der Waals surface area contributed by atoms with Crippen LogP contribution in [0, 0.1) is 13.8 Å². The molecule has 0 radical (unpaired) electrons. The SMILES string of the molecule is COC(=O)Nc1ccc(Nc2ccc(C)c(C)c2)cn1. The zero-order valence-electron chi connectivity index (χ0n) is 11.7. The number of aryl methyl sites for hydroxylation is 2. The van der Waals surface area contributed by atoms with Gasteiger partial charge in [-0.05, 0) is 49.2 Å². The normalized spacial score (nSPS) is 9.95. The summed E-state index contributed by atoms with van der Waals surface area (Å²) in [5.74, 6) is 0.447.